The predicted octanol–water partition coefficient (Wildman–Crippen LogP) is 2.94. The maximum absolute atomic E-state index is 12.6. The van der Waals surface area contributed by atoms with Crippen molar-refractivity contribution in [1.82, 2.24) is 9.97 Å². The SMILES string of the molecule is Cc1ccc(NC(=O)c2cc(C)nc(N3CCOCC3)n2)c(Br)c1. The number of carbonyl (C=O) groups excluding carboxylic acids is 1. The normalized spacial score (nSPS) is 14.5. The van der Waals surface area contributed by atoms with Crippen molar-refractivity contribution in [2.75, 3.05) is 36.5 Å². The largest absolute Gasteiger partial charge is 0.378 e. The highest BCUT2D eigenvalue weighted by atomic mass is 79.9. The predicted molar refractivity (Wildman–Crippen MR) is 96.6 cm³/mol. The first-order valence-corrected chi connectivity index (χ1v) is 8.58. The molecule has 2 aromatic rings. The lowest BCUT2D eigenvalue weighted by atomic mass is 10.2. The van der Waals surface area contributed by atoms with Gasteiger partial charge in [-0.1, -0.05) is 6.07 Å². The molecule has 126 valence electrons. The number of anilines is 2. The van der Waals surface area contributed by atoms with Gasteiger partial charge >= 0.3 is 0 Å². The molecule has 0 spiro atoms. The quantitative estimate of drug-likeness (QED) is 0.872. The third-order valence-corrected chi connectivity index (χ3v) is 4.40. The van der Waals surface area contributed by atoms with Crippen molar-refractivity contribution < 1.29 is 9.53 Å². The Hall–Kier alpha value is -1.99. The molecule has 1 aliphatic rings. The third-order valence-electron chi connectivity index (χ3n) is 3.74. The Morgan fingerprint density at radius 1 is 1.21 bits per heavy atom. The topological polar surface area (TPSA) is 67.4 Å². The van der Waals surface area contributed by atoms with Crippen molar-refractivity contribution in [3.63, 3.8) is 0 Å². The van der Waals surface area contributed by atoms with E-state index in [9.17, 15) is 4.79 Å². The van der Waals surface area contributed by atoms with E-state index < -0.39 is 0 Å². The summed E-state index contributed by atoms with van der Waals surface area (Å²) < 4.78 is 6.19. The Bertz CT molecular complexity index is 760. The highest BCUT2D eigenvalue weighted by Crippen LogP contribution is 2.24. The molecule has 1 fully saturated rings. The Kier molecular flexibility index (Phi) is 5.11. The number of aromatic nitrogens is 2. The molecule has 6 nitrogen and oxygen atoms in total. The van der Waals surface area contributed by atoms with E-state index in [0.717, 1.165) is 34.5 Å². The van der Waals surface area contributed by atoms with Crippen LogP contribution in [0.2, 0.25) is 0 Å². The van der Waals surface area contributed by atoms with Gasteiger partial charge in [0.1, 0.15) is 5.69 Å². The molecule has 1 amide bonds. The van der Waals surface area contributed by atoms with Crippen LogP contribution in [0.3, 0.4) is 0 Å². The van der Waals surface area contributed by atoms with E-state index in [1.54, 1.807) is 6.07 Å². The molecule has 7 heteroatoms. The minimum atomic E-state index is -0.250. The molecule has 1 aromatic carbocycles. The molecule has 24 heavy (non-hydrogen) atoms. The zero-order valence-electron chi connectivity index (χ0n) is 13.7. The summed E-state index contributed by atoms with van der Waals surface area (Å²) >= 11 is 3.47. The van der Waals surface area contributed by atoms with Crippen LogP contribution in [0.5, 0.6) is 0 Å². The third kappa shape index (κ3) is 3.91. The van der Waals surface area contributed by atoms with Gasteiger partial charge in [0, 0.05) is 23.3 Å². The number of halogens is 1. The van der Waals surface area contributed by atoms with Crippen molar-refractivity contribution in [1.29, 1.82) is 0 Å². The van der Waals surface area contributed by atoms with Crippen molar-refractivity contribution in [3.05, 3.63) is 45.7 Å². The fraction of sp³-hybridized carbons (Fsp3) is 0.353. The number of ether oxygens (including phenoxy) is 1. The molecule has 3 rings (SSSR count). The number of carbonyl (C=O) groups is 1. The number of hydrogen-bond donors (Lipinski definition) is 1. The van der Waals surface area contributed by atoms with E-state index in [0.29, 0.717) is 24.9 Å². The Morgan fingerprint density at radius 2 is 1.96 bits per heavy atom. The standard InChI is InChI=1S/C17H19BrN4O2/c1-11-3-4-14(13(18)9-11)20-16(23)15-10-12(2)19-17(21-15)22-5-7-24-8-6-22/h3-4,9-10H,5-8H2,1-2H3,(H,20,23). The number of nitrogens with zero attached hydrogens (tertiary/aromatic N) is 3. The summed E-state index contributed by atoms with van der Waals surface area (Å²) in [5, 5.41) is 2.89. The number of benzene rings is 1. The van der Waals surface area contributed by atoms with E-state index in [1.165, 1.54) is 0 Å². The number of hydrogen-bond acceptors (Lipinski definition) is 5. The van der Waals surface area contributed by atoms with Gasteiger partial charge in [-0.25, -0.2) is 9.97 Å². The van der Waals surface area contributed by atoms with Crippen molar-refractivity contribution >= 4 is 33.5 Å². The van der Waals surface area contributed by atoms with E-state index in [-0.39, 0.29) is 5.91 Å². The molecule has 2 heterocycles. The average molecular weight is 391 g/mol. The first kappa shape index (κ1) is 16.9. The summed E-state index contributed by atoms with van der Waals surface area (Å²) in [5.74, 6) is 0.325. The fourth-order valence-electron chi connectivity index (χ4n) is 2.48. The number of morpholine rings is 1. The van der Waals surface area contributed by atoms with Gasteiger partial charge in [0.25, 0.3) is 5.91 Å². The Balaban J connectivity index is 1.82. The summed E-state index contributed by atoms with van der Waals surface area (Å²) in [5.41, 5.74) is 2.96. The maximum atomic E-state index is 12.6. The Morgan fingerprint density at radius 3 is 2.67 bits per heavy atom. The number of aryl methyl sites for hydroxylation is 2. The zero-order valence-corrected chi connectivity index (χ0v) is 15.3. The van der Waals surface area contributed by atoms with Gasteiger partial charge < -0.3 is 15.0 Å². The summed E-state index contributed by atoms with van der Waals surface area (Å²) in [4.78, 5) is 23.5. The van der Waals surface area contributed by atoms with Gasteiger partial charge in [0.05, 0.1) is 18.9 Å². The molecule has 0 unspecified atom stereocenters. The summed E-state index contributed by atoms with van der Waals surface area (Å²) in [6.45, 7) is 6.62. The van der Waals surface area contributed by atoms with E-state index in [1.807, 2.05) is 36.9 Å². The molecule has 0 aliphatic carbocycles. The van der Waals surface area contributed by atoms with Gasteiger partial charge in [-0.05, 0) is 53.5 Å². The lowest BCUT2D eigenvalue weighted by Gasteiger charge is -2.27. The van der Waals surface area contributed by atoms with E-state index >= 15 is 0 Å². The second kappa shape index (κ2) is 7.27. The van der Waals surface area contributed by atoms with Gasteiger partial charge in [-0.15, -0.1) is 0 Å². The molecular formula is C17H19BrN4O2. The van der Waals surface area contributed by atoms with Gasteiger partial charge in [-0.3, -0.25) is 4.79 Å². The van der Waals surface area contributed by atoms with E-state index in [4.69, 9.17) is 4.74 Å². The average Bonchev–Trinajstić information content (AvgIpc) is 2.57. The molecule has 0 saturated carbocycles. The molecular weight excluding hydrogens is 372 g/mol. The molecule has 0 atom stereocenters. The van der Waals surface area contributed by atoms with Gasteiger partial charge in [0.15, 0.2) is 0 Å². The number of rotatable bonds is 3. The molecule has 0 radical (unpaired) electrons. The second-order valence-electron chi connectivity index (χ2n) is 5.73. The maximum Gasteiger partial charge on any atom is 0.274 e. The van der Waals surface area contributed by atoms with E-state index in [2.05, 4.69) is 31.2 Å². The zero-order chi connectivity index (χ0) is 17.1. The molecule has 0 bridgehead atoms. The van der Waals surface area contributed by atoms with Crippen LogP contribution in [0.15, 0.2) is 28.7 Å². The summed E-state index contributed by atoms with van der Waals surface area (Å²) in [7, 11) is 0. The van der Waals surface area contributed by atoms with Crippen LogP contribution < -0.4 is 10.2 Å². The van der Waals surface area contributed by atoms with Crippen LogP contribution >= 0.6 is 15.9 Å². The summed E-state index contributed by atoms with van der Waals surface area (Å²) in [6, 6.07) is 7.47. The van der Waals surface area contributed by atoms with Crippen molar-refractivity contribution in [3.8, 4) is 0 Å². The summed E-state index contributed by atoms with van der Waals surface area (Å²) in [6.07, 6.45) is 0. The smallest absolute Gasteiger partial charge is 0.274 e. The first-order valence-electron chi connectivity index (χ1n) is 7.79. The van der Waals surface area contributed by atoms with Crippen LogP contribution in [0.25, 0.3) is 0 Å². The van der Waals surface area contributed by atoms with Crippen LogP contribution in [-0.2, 0) is 4.74 Å². The lowest BCUT2D eigenvalue weighted by Crippen LogP contribution is -2.37. The number of nitrogens with one attached hydrogen (secondary N) is 1. The number of amides is 1. The van der Waals surface area contributed by atoms with Crippen LogP contribution in [0, 0.1) is 13.8 Å². The Labute approximate surface area is 149 Å². The lowest BCUT2D eigenvalue weighted by molar-refractivity contribution is 0.102. The first-order chi connectivity index (χ1) is 11.5. The minimum Gasteiger partial charge on any atom is -0.378 e. The van der Waals surface area contributed by atoms with Crippen molar-refractivity contribution in [2.24, 2.45) is 0 Å². The van der Waals surface area contributed by atoms with Crippen LogP contribution in [0.4, 0.5) is 11.6 Å². The van der Waals surface area contributed by atoms with Gasteiger partial charge in [0.2, 0.25) is 5.95 Å². The van der Waals surface area contributed by atoms with Crippen molar-refractivity contribution in [2.45, 2.75) is 13.8 Å². The molecule has 1 aromatic heterocycles. The molecule has 1 aliphatic heterocycles. The molecule has 1 saturated heterocycles. The second-order valence-corrected chi connectivity index (χ2v) is 6.59. The van der Waals surface area contributed by atoms with Gasteiger partial charge in [-0.2, -0.15) is 0 Å². The highest BCUT2D eigenvalue weighted by molar-refractivity contribution is 9.10. The minimum absolute atomic E-state index is 0.250. The fourth-order valence-corrected chi connectivity index (χ4v) is 3.07. The van der Waals surface area contributed by atoms with Crippen LogP contribution in [-0.4, -0.2) is 42.2 Å². The monoisotopic (exact) mass is 390 g/mol. The molecule has 1 N–H and O–H groups in total. The van der Waals surface area contributed by atoms with Crippen LogP contribution in [0.1, 0.15) is 21.7 Å². The highest BCUT2D eigenvalue weighted by Gasteiger charge is 2.18.